The molecule has 5 nitrogen and oxygen atoms in total. The fraction of sp³-hybridized carbons (Fsp3) is 0.533. The van der Waals surface area contributed by atoms with Crippen molar-refractivity contribution < 1.29 is 10.3 Å². The van der Waals surface area contributed by atoms with Crippen LogP contribution in [0, 0.1) is 0 Å². The van der Waals surface area contributed by atoms with Crippen LogP contribution in [0.25, 0.3) is 0 Å². The van der Waals surface area contributed by atoms with Gasteiger partial charge in [0.1, 0.15) is 0 Å². The van der Waals surface area contributed by atoms with E-state index in [4.69, 9.17) is 22.5 Å². The molecule has 1 saturated carbocycles. The van der Waals surface area contributed by atoms with Crippen LogP contribution in [0.15, 0.2) is 23.4 Å². The van der Waals surface area contributed by atoms with Crippen molar-refractivity contribution in [3.8, 4) is 0 Å². The number of nitrogens with zero attached hydrogens (tertiary/aromatic N) is 2. The van der Waals surface area contributed by atoms with Gasteiger partial charge in [0.25, 0.3) is 0 Å². The molecule has 116 valence electrons. The van der Waals surface area contributed by atoms with Gasteiger partial charge in [0, 0.05) is 18.3 Å². The van der Waals surface area contributed by atoms with E-state index < -0.39 is 0 Å². The van der Waals surface area contributed by atoms with Crippen LogP contribution in [0.3, 0.4) is 0 Å². The van der Waals surface area contributed by atoms with E-state index in [2.05, 4.69) is 10.1 Å². The van der Waals surface area contributed by atoms with Crippen LogP contribution in [0.1, 0.15) is 37.7 Å². The largest absolute Gasteiger partial charge is 0.409 e. The molecule has 0 saturated heterocycles. The average Bonchev–Trinajstić information content (AvgIpc) is 2.52. The highest BCUT2D eigenvalue weighted by Crippen LogP contribution is 2.32. The lowest BCUT2D eigenvalue weighted by molar-refractivity contribution is 0.290. The maximum absolute atomic E-state index is 9.40. The van der Waals surface area contributed by atoms with Crippen molar-refractivity contribution in [2.75, 3.05) is 18.1 Å². The summed E-state index contributed by atoms with van der Waals surface area (Å²) in [4.78, 5) is 2.14. The Hall–Kier alpha value is -1.46. The van der Waals surface area contributed by atoms with Crippen LogP contribution in [0.4, 0.5) is 5.69 Å². The monoisotopic (exact) mass is 311 g/mol. The number of hydrogen-bond acceptors (Lipinski definition) is 4. The molecule has 2 rings (SSSR count). The van der Waals surface area contributed by atoms with Gasteiger partial charge in [0.15, 0.2) is 5.84 Å². The van der Waals surface area contributed by atoms with Crippen LogP contribution in [-0.2, 0) is 0 Å². The Bertz CT molecular complexity index is 502. The zero-order valence-electron chi connectivity index (χ0n) is 12.0. The van der Waals surface area contributed by atoms with E-state index in [9.17, 15) is 5.11 Å². The molecule has 21 heavy (non-hydrogen) atoms. The highest BCUT2D eigenvalue weighted by Gasteiger charge is 2.25. The summed E-state index contributed by atoms with van der Waals surface area (Å²) in [7, 11) is 0. The Morgan fingerprint density at radius 2 is 2.05 bits per heavy atom. The third kappa shape index (κ3) is 3.60. The maximum atomic E-state index is 9.40. The molecule has 0 heterocycles. The predicted octanol–water partition coefficient (Wildman–Crippen LogP) is 2.57. The number of nitrogens with two attached hydrogens (primary N) is 1. The average molecular weight is 312 g/mol. The number of aliphatic hydroxyl groups excluding tert-OH is 1. The summed E-state index contributed by atoms with van der Waals surface area (Å²) in [6.07, 6.45) is 5.80. The molecule has 0 aliphatic heterocycles. The van der Waals surface area contributed by atoms with Gasteiger partial charge in [-0.3, -0.25) is 0 Å². The fourth-order valence-electron chi connectivity index (χ4n) is 3.06. The zero-order valence-corrected chi connectivity index (χ0v) is 12.8. The summed E-state index contributed by atoms with van der Waals surface area (Å²) in [5.41, 5.74) is 7.13. The fourth-order valence-corrected chi connectivity index (χ4v) is 3.32. The van der Waals surface area contributed by atoms with Gasteiger partial charge in [-0.2, -0.15) is 0 Å². The SMILES string of the molecule is NC(=NO)c1c(Cl)cccc1N(CCO)C1CCCCC1. The summed E-state index contributed by atoms with van der Waals surface area (Å²) in [5.74, 6) is -0.00523. The maximum Gasteiger partial charge on any atom is 0.173 e. The van der Waals surface area contributed by atoms with Crippen LogP contribution in [0.5, 0.6) is 0 Å². The standard InChI is InChI=1S/C15H22ClN3O2/c16-12-7-4-8-13(14(12)15(17)18-21)19(9-10-20)11-5-2-1-3-6-11/h4,7-8,11,20-21H,1-3,5-6,9-10H2,(H2,17,18). The molecule has 0 unspecified atom stereocenters. The molecule has 0 bridgehead atoms. The second-order valence-corrected chi connectivity index (χ2v) is 5.74. The minimum atomic E-state index is -0.00523. The zero-order chi connectivity index (χ0) is 15.2. The number of amidine groups is 1. The molecule has 4 N–H and O–H groups in total. The molecule has 0 aromatic heterocycles. The Morgan fingerprint density at radius 3 is 2.67 bits per heavy atom. The number of benzene rings is 1. The molecule has 0 spiro atoms. The van der Waals surface area contributed by atoms with Gasteiger partial charge in [0.05, 0.1) is 17.2 Å². The topological polar surface area (TPSA) is 82.1 Å². The lowest BCUT2D eigenvalue weighted by Crippen LogP contribution is -2.40. The first-order valence-corrected chi connectivity index (χ1v) is 7.70. The number of oxime groups is 1. The third-order valence-corrected chi connectivity index (χ3v) is 4.34. The predicted molar refractivity (Wildman–Crippen MR) is 85.3 cm³/mol. The van der Waals surface area contributed by atoms with Crippen molar-refractivity contribution in [1.29, 1.82) is 0 Å². The molecule has 1 aliphatic carbocycles. The van der Waals surface area contributed by atoms with Crippen molar-refractivity contribution in [1.82, 2.24) is 0 Å². The van der Waals surface area contributed by atoms with E-state index in [0.717, 1.165) is 18.5 Å². The van der Waals surface area contributed by atoms with Gasteiger partial charge in [-0.15, -0.1) is 0 Å². The van der Waals surface area contributed by atoms with Gasteiger partial charge < -0.3 is 20.9 Å². The second kappa shape index (κ2) is 7.52. The minimum absolute atomic E-state index is 0.00523. The molecule has 0 amide bonds. The summed E-state index contributed by atoms with van der Waals surface area (Å²) >= 11 is 6.23. The van der Waals surface area contributed by atoms with Crippen LogP contribution in [-0.4, -0.2) is 35.3 Å². The molecular weight excluding hydrogens is 290 g/mol. The van der Waals surface area contributed by atoms with E-state index in [0.29, 0.717) is 23.2 Å². The minimum Gasteiger partial charge on any atom is -0.409 e. The molecular formula is C15H22ClN3O2. The van der Waals surface area contributed by atoms with Crippen molar-refractivity contribution in [2.45, 2.75) is 38.1 Å². The van der Waals surface area contributed by atoms with Crippen molar-refractivity contribution >= 4 is 23.1 Å². The molecule has 0 radical (unpaired) electrons. The molecule has 1 aromatic rings. The first-order valence-electron chi connectivity index (χ1n) is 7.33. The third-order valence-electron chi connectivity index (χ3n) is 4.02. The Balaban J connectivity index is 2.42. The van der Waals surface area contributed by atoms with Gasteiger partial charge in [-0.1, -0.05) is 42.1 Å². The summed E-state index contributed by atoms with van der Waals surface area (Å²) in [6.45, 7) is 0.565. The Morgan fingerprint density at radius 1 is 1.33 bits per heavy atom. The van der Waals surface area contributed by atoms with E-state index in [1.807, 2.05) is 12.1 Å². The Labute approximate surface area is 130 Å². The van der Waals surface area contributed by atoms with Gasteiger partial charge in [-0.25, -0.2) is 0 Å². The summed E-state index contributed by atoms with van der Waals surface area (Å²) in [6, 6.07) is 5.83. The van der Waals surface area contributed by atoms with E-state index in [1.54, 1.807) is 6.07 Å². The van der Waals surface area contributed by atoms with E-state index in [-0.39, 0.29) is 12.4 Å². The molecule has 0 atom stereocenters. The highest BCUT2D eigenvalue weighted by molar-refractivity contribution is 6.34. The van der Waals surface area contributed by atoms with Crippen molar-refractivity contribution in [2.24, 2.45) is 10.9 Å². The van der Waals surface area contributed by atoms with Gasteiger partial charge >= 0.3 is 0 Å². The lowest BCUT2D eigenvalue weighted by Gasteiger charge is -2.37. The van der Waals surface area contributed by atoms with E-state index >= 15 is 0 Å². The van der Waals surface area contributed by atoms with E-state index in [1.165, 1.54) is 19.3 Å². The summed E-state index contributed by atoms with van der Waals surface area (Å²) < 4.78 is 0. The first kappa shape index (κ1) is 15.9. The first-order chi connectivity index (χ1) is 10.2. The Kier molecular flexibility index (Phi) is 5.70. The molecule has 1 aliphatic rings. The number of halogens is 1. The van der Waals surface area contributed by atoms with Crippen LogP contribution >= 0.6 is 11.6 Å². The second-order valence-electron chi connectivity index (χ2n) is 5.33. The van der Waals surface area contributed by atoms with Gasteiger partial charge in [-0.05, 0) is 25.0 Å². The smallest absolute Gasteiger partial charge is 0.173 e. The van der Waals surface area contributed by atoms with Crippen molar-refractivity contribution in [3.05, 3.63) is 28.8 Å². The highest BCUT2D eigenvalue weighted by atomic mass is 35.5. The van der Waals surface area contributed by atoms with Gasteiger partial charge in [0.2, 0.25) is 0 Å². The van der Waals surface area contributed by atoms with Crippen LogP contribution in [0.2, 0.25) is 5.02 Å². The normalized spacial score (nSPS) is 17.0. The number of anilines is 1. The number of aliphatic hydroxyl groups is 1. The molecule has 6 heteroatoms. The van der Waals surface area contributed by atoms with Crippen molar-refractivity contribution in [3.63, 3.8) is 0 Å². The molecule has 1 fully saturated rings. The summed E-state index contributed by atoms with van der Waals surface area (Å²) in [5, 5.41) is 21.9. The number of rotatable bonds is 5. The lowest BCUT2D eigenvalue weighted by atomic mass is 9.93. The quantitative estimate of drug-likeness (QED) is 0.338. The van der Waals surface area contributed by atoms with Crippen LogP contribution < -0.4 is 10.6 Å². The number of hydrogen-bond donors (Lipinski definition) is 3. The molecule has 1 aromatic carbocycles.